The van der Waals surface area contributed by atoms with Crippen LogP contribution < -0.4 is 10.1 Å². The predicted molar refractivity (Wildman–Crippen MR) is 115 cm³/mol. The van der Waals surface area contributed by atoms with Crippen molar-refractivity contribution < 1.29 is 9.53 Å². The topological polar surface area (TPSA) is 69.0 Å². The fraction of sp³-hybridized carbons (Fsp3) is 0.348. The van der Waals surface area contributed by atoms with Crippen molar-refractivity contribution in [2.75, 3.05) is 11.9 Å². The molecule has 0 aliphatic heterocycles. The quantitative estimate of drug-likeness (QED) is 0.640. The van der Waals surface area contributed by atoms with Crippen LogP contribution >= 0.6 is 0 Å². The van der Waals surface area contributed by atoms with Gasteiger partial charge in [-0.25, -0.2) is 4.68 Å². The molecule has 1 aromatic heterocycles. The lowest BCUT2D eigenvalue weighted by Gasteiger charge is -2.17. The van der Waals surface area contributed by atoms with E-state index in [-0.39, 0.29) is 11.3 Å². The number of rotatable bonds is 6. The Morgan fingerprint density at radius 2 is 1.79 bits per heavy atom. The normalized spacial score (nSPS) is 11.3. The molecule has 0 spiro atoms. The second-order valence-corrected chi connectivity index (χ2v) is 8.21. The van der Waals surface area contributed by atoms with Crippen LogP contribution in [0.2, 0.25) is 0 Å². The fourth-order valence-corrected chi connectivity index (χ4v) is 3.03. The number of carbonyl (C=O) groups is 1. The number of carbonyl (C=O) groups excluding carboxylic acids is 1. The van der Waals surface area contributed by atoms with Crippen LogP contribution in [0.5, 0.6) is 6.01 Å². The third kappa shape index (κ3) is 5.22. The smallest absolute Gasteiger partial charge is 0.336 e. The number of anilines is 1. The minimum Gasteiger partial charge on any atom is -0.463 e. The van der Waals surface area contributed by atoms with Crippen LogP contribution in [0.3, 0.4) is 0 Å². The molecule has 6 nitrogen and oxygen atoms in total. The molecule has 152 valence electrons. The second-order valence-electron chi connectivity index (χ2n) is 8.21. The summed E-state index contributed by atoms with van der Waals surface area (Å²) in [5.74, 6) is 0.723. The number of hydrogen-bond donors (Lipinski definition) is 1. The van der Waals surface area contributed by atoms with E-state index in [4.69, 9.17) is 4.74 Å². The summed E-state index contributed by atoms with van der Waals surface area (Å²) in [5.41, 5.74) is 3.65. The van der Waals surface area contributed by atoms with E-state index >= 15 is 0 Å². The van der Waals surface area contributed by atoms with Crippen LogP contribution in [0.25, 0.3) is 17.1 Å². The first-order valence-corrected chi connectivity index (χ1v) is 9.83. The van der Waals surface area contributed by atoms with E-state index in [2.05, 4.69) is 15.4 Å². The average molecular weight is 393 g/mol. The van der Waals surface area contributed by atoms with Gasteiger partial charge in [0.15, 0.2) is 5.82 Å². The highest BCUT2D eigenvalue weighted by Gasteiger charge is 2.17. The van der Waals surface area contributed by atoms with Gasteiger partial charge in [0.05, 0.1) is 12.3 Å². The van der Waals surface area contributed by atoms with Crippen molar-refractivity contribution in [2.24, 2.45) is 5.41 Å². The summed E-state index contributed by atoms with van der Waals surface area (Å²) < 4.78 is 7.30. The minimum absolute atomic E-state index is 0.00485. The number of ether oxygens (including phenoxy) is 1. The summed E-state index contributed by atoms with van der Waals surface area (Å²) in [5, 5.41) is 7.47. The lowest BCUT2D eigenvalue weighted by molar-refractivity contribution is -0.117. The summed E-state index contributed by atoms with van der Waals surface area (Å²) in [4.78, 5) is 16.8. The molecule has 0 saturated carbocycles. The molecule has 3 rings (SSSR count). The molecule has 0 radical (unpaired) electrons. The largest absolute Gasteiger partial charge is 0.463 e. The molecule has 1 N–H and O–H groups in total. The molecule has 0 fully saturated rings. The Labute approximate surface area is 171 Å². The molecule has 1 amide bonds. The zero-order valence-corrected chi connectivity index (χ0v) is 17.7. The van der Waals surface area contributed by atoms with E-state index in [0.29, 0.717) is 19.0 Å². The van der Waals surface area contributed by atoms with Crippen molar-refractivity contribution in [1.29, 1.82) is 0 Å². The SMILES string of the molecule is CCOc1nc(-c2ccccc2C)n(-c2ccc(NC(=O)CC(C)(C)C)cc2)n1. The summed E-state index contributed by atoms with van der Waals surface area (Å²) in [6.07, 6.45) is 0.465. The maximum absolute atomic E-state index is 12.2. The van der Waals surface area contributed by atoms with Gasteiger partial charge < -0.3 is 10.1 Å². The number of hydrogen-bond acceptors (Lipinski definition) is 4. The molecule has 29 heavy (non-hydrogen) atoms. The van der Waals surface area contributed by atoms with Gasteiger partial charge in [0.25, 0.3) is 0 Å². The highest BCUT2D eigenvalue weighted by molar-refractivity contribution is 5.91. The Hall–Kier alpha value is -3.15. The number of nitrogens with one attached hydrogen (secondary N) is 1. The zero-order chi connectivity index (χ0) is 21.0. The third-order valence-corrected chi connectivity index (χ3v) is 4.33. The molecular formula is C23H28N4O2. The van der Waals surface area contributed by atoms with Gasteiger partial charge in [-0.1, -0.05) is 45.0 Å². The van der Waals surface area contributed by atoms with Gasteiger partial charge in [-0.05, 0) is 49.1 Å². The summed E-state index contributed by atoms with van der Waals surface area (Å²) >= 11 is 0. The van der Waals surface area contributed by atoms with E-state index in [9.17, 15) is 4.79 Å². The van der Waals surface area contributed by atoms with E-state index in [1.54, 1.807) is 4.68 Å². The van der Waals surface area contributed by atoms with E-state index in [1.807, 2.05) is 83.1 Å². The first kappa shape index (κ1) is 20.6. The Morgan fingerprint density at radius 1 is 1.10 bits per heavy atom. The maximum Gasteiger partial charge on any atom is 0.336 e. The van der Waals surface area contributed by atoms with Gasteiger partial charge in [0, 0.05) is 17.7 Å². The van der Waals surface area contributed by atoms with Crippen molar-refractivity contribution in [3.8, 4) is 23.1 Å². The molecule has 2 aromatic carbocycles. The van der Waals surface area contributed by atoms with Crippen LogP contribution in [0.4, 0.5) is 5.69 Å². The van der Waals surface area contributed by atoms with E-state index in [0.717, 1.165) is 28.3 Å². The first-order chi connectivity index (χ1) is 13.8. The number of aromatic nitrogens is 3. The van der Waals surface area contributed by atoms with Crippen LogP contribution in [0, 0.1) is 12.3 Å². The van der Waals surface area contributed by atoms with Crippen LogP contribution in [0.15, 0.2) is 48.5 Å². The molecule has 0 unspecified atom stereocenters. The van der Waals surface area contributed by atoms with Crippen molar-refractivity contribution >= 4 is 11.6 Å². The summed E-state index contributed by atoms with van der Waals surface area (Å²) in [6.45, 7) is 10.6. The number of nitrogens with zero attached hydrogens (tertiary/aromatic N) is 3. The molecule has 0 aliphatic rings. The molecule has 0 saturated heterocycles. The number of aryl methyl sites for hydroxylation is 1. The van der Waals surface area contributed by atoms with Crippen molar-refractivity contribution in [3.05, 3.63) is 54.1 Å². The summed E-state index contributed by atoms with van der Waals surface area (Å²) in [6, 6.07) is 16.0. The molecule has 0 atom stereocenters. The Morgan fingerprint density at radius 3 is 2.41 bits per heavy atom. The van der Waals surface area contributed by atoms with Gasteiger partial charge in [0.1, 0.15) is 0 Å². The van der Waals surface area contributed by atoms with E-state index in [1.165, 1.54) is 0 Å². The maximum atomic E-state index is 12.2. The molecular weight excluding hydrogens is 364 g/mol. The molecule has 0 aliphatic carbocycles. The zero-order valence-electron chi connectivity index (χ0n) is 17.7. The fourth-order valence-electron chi connectivity index (χ4n) is 3.03. The van der Waals surface area contributed by atoms with Gasteiger partial charge in [-0.2, -0.15) is 4.98 Å². The second kappa shape index (κ2) is 8.47. The standard InChI is InChI=1S/C23H28N4O2/c1-6-29-22-25-21(19-10-8-7-9-16(19)2)27(26-22)18-13-11-17(12-14-18)24-20(28)15-23(3,4)5/h7-14H,6,15H2,1-5H3,(H,24,28). The van der Waals surface area contributed by atoms with Gasteiger partial charge in [-0.3, -0.25) is 4.79 Å². The number of benzene rings is 2. The van der Waals surface area contributed by atoms with Crippen LogP contribution in [-0.4, -0.2) is 27.3 Å². The average Bonchev–Trinajstić information content (AvgIpc) is 3.05. The van der Waals surface area contributed by atoms with Crippen LogP contribution in [0.1, 0.15) is 39.7 Å². The number of amides is 1. The highest BCUT2D eigenvalue weighted by Crippen LogP contribution is 2.27. The molecule has 3 aromatic rings. The van der Waals surface area contributed by atoms with Crippen LogP contribution in [-0.2, 0) is 4.79 Å². The van der Waals surface area contributed by atoms with Gasteiger partial charge in [-0.15, -0.1) is 5.10 Å². The Balaban J connectivity index is 1.90. The monoisotopic (exact) mass is 392 g/mol. The summed E-state index contributed by atoms with van der Waals surface area (Å²) in [7, 11) is 0. The van der Waals surface area contributed by atoms with Gasteiger partial charge in [0.2, 0.25) is 5.91 Å². The molecule has 0 bridgehead atoms. The third-order valence-electron chi connectivity index (χ3n) is 4.33. The van der Waals surface area contributed by atoms with Crippen molar-refractivity contribution in [1.82, 2.24) is 14.8 Å². The van der Waals surface area contributed by atoms with Crippen molar-refractivity contribution in [3.63, 3.8) is 0 Å². The molecule has 6 heteroatoms. The Kier molecular flexibility index (Phi) is 6.01. The van der Waals surface area contributed by atoms with Crippen molar-refractivity contribution in [2.45, 2.75) is 41.0 Å². The first-order valence-electron chi connectivity index (χ1n) is 9.83. The minimum atomic E-state index is -0.0527. The lowest BCUT2D eigenvalue weighted by Crippen LogP contribution is -2.19. The van der Waals surface area contributed by atoms with E-state index < -0.39 is 0 Å². The lowest BCUT2D eigenvalue weighted by atomic mass is 9.92. The van der Waals surface area contributed by atoms with Gasteiger partial charge >= 0.3 is 6.01 Å². The highest BCUT2D eigenvalue weighted by atomic mass is 16.5. The predicted octanol–water partition coefficient (Wildman–Crippen LogP) is 5.02. The Bertz CT molecular complexity index is 985. The molecule has 1 heterocycles.